The minimum atomic E-state index is -3.68. The van der Waals surface area contributed by atoms with Crippen molar-refractivity contribution in [3.8, 4) is 5.75 Å². The van der Waals surface area contributed by atoms with Crippen molar-refractivity contribution in [1.82, 2.24) is 4.72 Å². The summed E-state index contributed by atoms with van der Waals surface area (Å²) in [6, 6.07) is 5.15. The molecular formula is C16H27ClN2O3S. The van der Waals surface area contributed by atoms with Crippen LogP contribution >= 0.6 is 12.4 Å². The third-order valence-corrected chi connectivity index (χ3v) is 6.34. The molecule has 3 N–H and O–H groups in total. The molecule has 1 aliphatic carbocycles. The molecule has 0 heterocycles. The smallest absolute Gasteiger partial charge is 0.244 e. The van der Waals surface area contributed by atoms with Gasteiger partial charge < -0.3 is 10.5 Å². The molecule has 1 aliphatic rings. The highest BCUT2D eigenvalue weighted by Crippen LogP contribution is 2.35. The fraction of sp³-hybridized carbons (Fsp3) is 0.625. The van der Waals surface area contributed by atoms with E-state index in [0.717, 1.165) is 31.2 Å². The molecule has 7 heteroatoms. The van der Waals surface area contributed by atoms with Gasteiger partial charge >= 0.3 is 0 Å². The van der Waals surface area contributed by atoms with E-state index in [9.17, 15) is 8.42 Å². The van der Waals surface area contributed by atoms with E-state index in [4.69, 9.17) is 10.5 Å². The number of hydrogen-bond donors (Lipinski definition) is 2. The molecule has 0 saturated heterocycles. The number of ether oxygens (including phenoxy) is 1. The maximum atomic E-state index is 12.9. The Kier molecular flexibility index (Phi) is 6.89. The molecule has 132 valence electrons. The first-order chi connectivity index (χ1) is 10.3. The first-order valence-corrected chi connectivity index (χ1v) is 9.21. The van der Waals surface area contributed by atoms with Crippen molar-refractivity contribution in [2.75, 3.05) is 13.7 Å². The van der Waals surface area contributed by atoms with Gasteiger partial charge in [-0.2, -0.15) is 0 Å². The molecule has 0 bridgehead atoms. The van der Waals surface area contributed by atoms with Crippen molar-refractivity contribution in [3.63, 3.8) is 0 Å². The molecule has 0 spiro atoms. The van der Waals surface area contributed by atoms with Crippen molar-refractivity contribution < 1.29 is 13.2 Å². The zero-order valence-electron chi connectivity index (χ0n) is 14.0. The van der Waals surface area contributed by atoms with Crippen molar-refractivity contribution in [2.45, 2.75) is 50.0 Å². The van der Waals surface area contributed by atoms with Gasteiger partial charge in [0.15, 0.2) is 0 Å². The van der Waals surface area contributed by atoms with Crippen LogP contribution < -0.4 is 15.2 Å². The summed E-state index contributed by atoms with van der Waals surface area (Å²) in [5.41, 5.74) is 6.27. The van der Waals surface area contributed by atoms with Gasteiger partial charge in [-0.25, -0.2) is 13.1 Å². The molecule has 23 heavy (non-hydrogen) atoms. The fourth-order valence-electron chi connectivity index (χ4n) is 3.23. The van der Waals surface area contributed by atoms with Gasteiger partial charge in [0.25, 0.3) is 0 Å². The van der Waals surface area contributed by atoms with Crippen LogP contribution in [-0.2, 0) is 10.0 Å². The quantitative estimate of drug-likeness (QED) is 0.843. The van der Waals surface area contributed by atoms with E-state index in [1.54, 1.807) is 12.1 Å². The highest BCUT2D eigenvalue weighted by atomic mass is 35.5. The van der Waals surface area contributed by atoms with E-state index < -0.39 is 15.6 Å². The Labute approximate surface area is 145 Å². The molecule has 0 amide bonds. The minimum absolute atomic E-state index is 0. The Bertz CT molecular complexity index is 636. The van der Waals surface area contributed by atoms with Crippen molar-refractivity contribution in [3.05, 3.63) is 23.8 Å². The van der Waals surface area contributed by atoms with Gasteiger partial charge in [-0.15, -0.1) is 12.4 Å². The number of nitrogens with two attached hydrogens (primary N) is 1. The van der Waals surface area contributed by atoms with Gasteiger partial charge in [0.1, 0.15) is 10.6 Å². The van der Waals surface area contributed by atoms with E-state index in [0.29, 0.717) is 12.3 Å². The van der Waals surface area contributed by atoms with Crippen molar-refractivity contribution in [2.24, 2.45) is 11.7 Å². The van der Waals surface area contributed by atoms with E-state index >= 15 is 0 Å². The standard InChI is InChI=1S/C16H26N2O3S.ClH/c1-12-7-8-14(21-3)15(10-12)22(19,20)18-16(11-17)9-5-4-6-13(16)2;/h7-8,10,13,18H,4-6,9,11,17H2,1-3H3;1H. The van der Waals surface area contributed by atoms with Crippen LogP contribution in [0.15, 0.2) is 23.1 Å². The zero-order valence-corrected chi connectivity index (χ0v) is 15.6. The first-order valence-electron chi connectivity index (χ1n) is 7.73. The van der Waals surface area contributed by atoms with Crippen molar-refractivity contribution in [1.29, 1.82) is 0 Å². The summed E-state index contributed by atoms with van der Waals surface area (Å²) >= 11 is 0. The predicted octanol–water partition coefficient (Wildman–Crippen LogP) is 2.61. The summed E-state index contributed by atoms with van der Waals surface area (Å²) in [7, 11) is -2.21. The summed E-state index contributed by atoms with van der Waals surface area (Å²) < 4.78 is 33.9. The largest absolute Gasteiger partial charge is 0.495 e. The summed E-state index contributed by atoms with van der Waals surface area (Å²) in [6.45, 7) is 4.24. The molecule has 2 atom stereocenters. The Morgan fingerprint density at radius 3 is 2.65 bits per heavy atom. The van der Waals surface area contributed by atoms with Gasteiger partial charge in [0.2, 0.25) is 10.0 Å². The van der Waals surface area contributed by atoms with Crippen LogP contribution in [0.1, 0.15) is 38.2 Å². The highest BCUT2D eigenvalue weighted by Gasteiger charge is 2.41. The molecule has 5 nitrogen and oxygen atoms in total. The van der Waals surface area contributed by atoms with Gasteiger partial charge in [-0.1, -0.05) is 25.8 Å². The van der Waals surface area contributed by atoms with Gasteiger partial charge in [0, 0.05) is 12.1 Å². The van der Waals surface area contributed by atoms with E-state index in [2.05, 4.69) is 11.6 Å². The van der Waals surface area contributed by atoms with Crippen molar-refractivity contribution >= 4 is 22.4 Å². The first kappa shape index (κ1) is 20.2. The maximum absolute atomic E-state index is 12.9. The molecule has 0 aromatic heterocycles. The van der Waals surface area contributed by atoms with Crippen LogP contribution in [0.2, 0.25) is 0 Å². The minimum Gasteiger partial charge on any atom is -0.495 e. The number of benzene rings is 1. The third-order valence-electron chi connectivity index (χ3n) is 4.76. The number of sulfonamides is 1. The number of rotatable bonds is 5. The van der Waals surface area contributed by atoms with Crippen LogP contribution in [0, 0.1) is 12.8 Å². The molecular weight excluding hydrogens is 336 g/mol. The molecule has 2 rings (SSSR count). The van der Waals surface area contributed by atoms with Crippen LogP contribution in [0.25, 0.3) is 0 Å². The summed E-state index contributed by atoms with van der Waals surface area (Å²) in [5, 5.41) is 0. The molecule has 1 saturated carbocycles. The molecule has 1 aromatic rings. The predicted molar refractivity (Wildman–Crippen MR) is 94.7 cm³/mol. The van der Waals surface area contributed by atoms with E-state index in [1.807, 2.05) is 13.0 Å². The lowest BCUT2D eigenvalue weighted by Crippen LogP contribution is -2.58. The normalized spacial score (nSPS) is 24.8. The lowest BCUT2D eigenvalue weighted by Gasteiger charge is -2.42. The molecule has 1 fully saturated rings. The molecule has 2 unspecified atom stereocenters. The Hall–Kier alpha value is -0.820. The Balaban J connectivity index is 0.00000264. The van der Waals surface area contributed by atoms with Crippen LogP contribution in [0.5, 0.6) is 5.75 Å². The average Bonchev–Trinajstić information content (AvgIpc) is 2.49. The average molecular weight is 363 g/mol. The zero-order chi connectivity index (χ0) is 16.4. The Morgan fingerprint density at radius 2 is 2.09 bits per heavy atom. The van der Waals surface area contributed by atoms with E-state index in [-0.39, 0.29) is 23.2 Å². The molecule has 1 aromatic carbocycles. The van der Waals surface area contributed by atoms with Crippen LogP contribution in [-0.4, -0.2) is 27.6 Å². The number of hydrogen-bond acceptors (Lipinski definition) is 4. The van der Waals surface area contributed by atoms with E-state index in [1.165, 1.54) is 7.11 Å². The number of methoxy groups -OCH3 is 1. The van der Waals surface area contributed by atoms with Crippen LogP contribution in [0.3, 0.4) is 0 Å². The number of aryl methyl sites for hydroxylation is 1. The van der Waals surface area contributed by atoms with Gasteiger partial charge in [-0.05, 0) is 43.4 Å². The summed E-state index contributed by atoms with van der Waals surface area (Å²) in [5.74, 6) is 0.575. The lowest BCUT2D eigenvalue weighted by molar-refractivity contribution is 0.191. The second-order valence-electron chi connectivity index (χ2n) is 6.27. The fourth-order valence-corrected chi connectivity index (χ4v) is 5.02. The second-order valence-corrected chi connectivity index (χ2v) is 7.92. The Morgan fingerprint density at radius 1 is 1.39 bits per heavy atom. The summed E-state index contributed by atoms with van der Waals surface area (Å²) in [4.78, 5) is 0.181. The number of halogens is 1. The monoisotopic (exact) mass is 362 g/mol. The van der Waals surface area contributed by atoms with Crippen LogP contribution in [0.4, 0.5) is 0 Å². The highest BCUT2D eigenvalue weighted by molar-refractivity contribution is 7.89. The van der Waals surface area contributed by atoms with Gasteiger partial charge in [0.05, 0.1) is 7.11 Å². The maximum Gasteiger partial charge on any atom is 0.244 e. The molecule has 0 aliphatic heterocycles. The topological polar surface area (TPSA) is 81.4 Å². The molecule has 0 radical (unpaired) electrons. The second kappa shape index (κ2) is 7.83. The SMILES string of the molecule is COc1ccc(C)cc1S(=O)(=O)NC1(CN)CCCCC1C.Cl. The van der Waals surface area contributed by atoms with Gasteiger partial charge in [-0.3, -0.25) is 0 Å². The third kappa shape index (κ3) is 4.18. The summed E-state index contributed by atoms with van der Waals surface area (Å²) in [6.07, 6.45) is 3.89. The lowest BCUT2D eigenvalue weighted by atomic mass is 9.74. The number of nitrogens with one attached hydrogen (secondary N) is 1.